The van der Waals surface area contributed by atoms with E-state index < -0.39 is 0 Å². The lowest BCUT2D eigenvalue weighted by molar-refractivity contribution is 0.968. The summed E-state index contributed by atoms with van der Waals surface area (Å²) >= 11 is 1.37. The van der Waals surface area contributed by atoms with Crippen molar-refractivity contribution in [3.63, 3.8) is 0 Å². The molecule has 0 amide bonds. The summed E-state index contributed by atoms with van der Waals surface area (Å²) in [6.07, 6.45) is 6.27. The SMILES string of the molecule is Cc1cnc(Nc2ncnc3ccc(Sc4ncn[nH]4)nc23)cn1. The van der Waals surface area contributed by atoms with Crippen molar-refractivity contribution < 1.29 is 0 Å². The number of H-pyrrole nitrogens is 1. The van der Waals surface area contributed by atoms with E-state index >= 15 is 0 Å². The normalized spacial score (nSPS) is 10.9. The summed E-state index contributed by atoms with van der Waals surface area (Å²) in [6.45, 7) is 1.88. The number of nitrogens with one attached hydrogen (secondary N) is 2. The molecule has 0 aliphatic carbocycles. The minimum Gasteiger partial charge on any atom is -0.322 e. The lowest BCUT2D eigenvalue weighted by Crippen LogP contribution is -2.00. The van der Waals surface area contributed by atoms with Crippen LogP contribution in [0, 0.1) is 6.92 Å². The molecule has 4 rings (SSSR count). The van der Waals surface area contributed by atoms with Gasteiger partial charge in [0.05, 0.1) is 23.6 Å². The average Bonchev–Trinajstić information content (AvgIpc) is 3.10. The number of nitrogens with zero attached hydrogens (tertiary/aromatic N) is 7. The molecule has 24 heavy (non-hydrogen) atoms. The molecule has 4 aromatic rings. The summed E-state index contributed by atoms with van der Waals surface area (Å²) in [5, 5.41) is 11.2. The second-order valence-corrected chi connectivity index (χ2v) is 5.81. The van der Waals surface area contributed by atoms with Crippen molar-refractivity contribution >= 4 is 34.4 Å². The molecule has 4 aromatic heterocycles. The zero-order valence-electron chi connectivity index (χ0n) is 12.5. The molecule has 0 radical (unpaired) electrons. The fourth-order valence-electron chi connectivity index (χ4n) is 1.99. The quantitative estimate of drug-likeness (QED) is 0.577. The van der Waals surface area contributed by atoms with E-state index in [1.807, 2.05) is 19.1 Å². The van der Waals surface area contributed by atoms with Gasteiger partial charge in [-0.2, -0.15) is 5.10 Å². The fourth-order valence-corrected chi connectivity index (χ4v) is 2.66. The highest BCUT2D eigenvalue weighted by Crippen LogP contribution is 2.26. The van der Waals surface area contributed by atoms with E-state index in [1.165, 1.54) is 24.4 Å². The van der Waals surface area contributed by atoms with Crippen molar-refractivity contribution in [2.45, 2.75) is 17.1 Å². The van der Waals surface area contributed by atoms with Crippen LogP contribution in [-0.2, 0) is 0 Å². The van der Waals surface area contributed by atoms with Crippen molar-refractivity contribution in [3.8, 4) is 0 Å². The van der Waals surface area contributed by atoms with Crippen LogP contribution < -0.4 is 5.32 Å². The van der Waals surface area contributed by atoms with Gasteiger partial charge in [-0.3, -0.25) is 10.1 Å². The summed E-state index contributed by atoms with van der Waals surface area (Å²) in [4.78, 5) is 25.7. The van der Waals surface area contributed by atoms with Crippen molar-refractivity contribution in [2.75, 3.05) is 5.32 Å². The number of aromatic nitrogens is 8. The van der Waals surface area contributed by atoms with Gasteiger partial charge in [-0.1, -0.05) is 0 Å². The van der Waals surface area contributed by atoms with Gasteiger partial charge in [-0.25, -0.2) is 24.9 Å². The Morgan fingerprint density at radius 3 is 2.75 bits per heavy atom. The molecule has 118 valence electrons. The minimum atomic E-state index is 0.568. The summed E-state index contributed by atoms with van der Waals surface area (Å²) in [6, 6.07) is 3.76. The zero-order chi connectivity index (χ0) is 16.4. The molecule has 9 nitrogen and oxygen atoms in total. The molecule has 0 aliphatic rings. The fraction of sp³-hybridized carbons (Fsp3) is 0.0714. The Labute approximate surface area is 140 Å². The molecule has 0 bridgehead atoms. The lowest BCUT2D eigenvalue weighted by atomic mass is 10.3. The maximum absolute atomic E-state index is 4.60. The van der Waals surface area contributed by atoms with Gasteiger partial charge in [0.1, 0.15) is 29.0 Å². The van der Waals surface area contributed by atoms with E-state index in [0.29, 0.717) is 22.3 Å². The maximum Gasteiger partial charge on any atom is 0.189 e. The van der Waals surface area contributed by atoms with E-state index in [-0.39, 0.29) is 0 Å². The van der Waals surface area contributed by atoms with Crippen LogP contribution in [0.2, 0.25) is 0 Å². The van der Waals surface area contributed by atoms with Crippen LogP contribution in [0.25, 0.3) is 11.0 Å². The Kier molecular flexibility index (Phi) is 3.71. The Morgan fingerprint density at radius 1 is 1.00 bits per heavy atom. The summed E-state index contributed by atoms with van der Waals surface area (Å²) in [7, 11) is 0. The molecule has 4 heterocycles. The van der Waals surface area contributed by atoms with Gasteiger partial charge in [0.25, 0.3) is 0 Å². The van der Waals surface area contributed by atoms with Crippen molar-refractivity contribution in [2.24, 2.45) is 0 Å². The monoisotopic (exact) mass is 337 g/mol. The highest BCUT2D eigenvalue weighted by atomic mass is 32.2. The highest BCUT2D eigenvalue weighted by molar-refractivity contribution is 7.99. The first-order valence-electron chi connectivity index (χ1n) is 6.98. The summed E-state index contributed by atoms with van der Waals surface area (Å²) in [5.74, 6) is 1.16. The molecule has 0 unspecified atom stereocenters. The van der Waals surface area contributed by atoms with Crippen LogP contribution in [0.5, 0.6) is 0 Å². The Morgan fingerprint density at radius 2 is 1.96 bits per heavy atom. The number of fused-ring (bicyclic) bond motifs is 1. The van der Waals surface area contributed by atoms with E-state index in [2.05, 4.69) is 45.4 Å². The van der Waals surface area contributed by atoms with E-state index in [9.17, 15) is 0 Å². The molecule has 2 N–H and O–H groups in total. The molecular formula is C14H11N9S. The third-order valence-corrected chi connectivity index (χ3v) is 3.90. The molecule has 0 saturated heterocycles. The van der Waals surface area contributed by atoms with Gasteiger partial charge in [-0.05, 0) is 30.8 Å². The van der Waals surface area contributed by atoms with Crippen LogP contribution in [0.15, 0.2) is 47.4 Å². The van der Waals surface area contributed by atoms with Crippen LogP contribution in [0.1, 0.15) is 5.69 Å². The molecule has 0 atom stereocenters. The molecule has 0 aromatic carbocycles. The molecule has 0 spiro atoms. The van der Waals surface area contributed by atoms with Crippen LogP contribution in [0.3, 0.4) is 0 Å². The van der Waals surface area contributed by atoms with Gasteiger partial charge in [0, 0.05) is 0 Å². The first-order valence-corrected chi connectivity index (χ1v) is 7.80. The molecule has 0 fully saturated rings. The van der Waals surface area contributed by atoms with Gasteiger partial charge < -0.3 is 5.32 Å². The topological polar surface area (TPSA) is 118 Å². The number of pyridine rings is 1. The van der Waals surface area contributed by atoms with Crippen LogP contribution in [-0.4, -0.2) is 40.1 Å². The first-order chi connectivity index (χ1) is 11.8. The second-order valence-electron chi connectivity index (χ2n) is 4.80. The predicted molar refractivity (Wildman–Crippen MR) is 87.9 cm³/mol. The molecular weight excluding hydrogens is 326 g/mol. The number of hydrogen-bond donors (Lipinski definition) is 2. The largest absolute Gasteiger partial charge is 0.322 e. The standard InChI is InChI=1S/C14H11N9S/c1-8-4-16-10(5-15-8)21-13-12-9(17-6-18-13)2-3-11(22-12)24-14-19-7-20-23-14/h2-7H,1H3,(H,19,20,23)(H,16,17,18,21). The van der Waals surface area contributed by atoms with Gasteiger partial charge >= 0.3 is 0 Å². The third kappa shape index (κ3) is 2.99. The summed E-state index contributed by atoms with van der Waals surface area (Å²) < 4.78 is 0. The van der Waals surface area contributed by atoms with E-state index in [0.717, 1.165) is 16.2 Å². The predicted octanol–water partition coefficient (Wildman–Crippen LogP) is 2.14. The Balaban J connectivity index is 1.70. The van der Waals surface area contributed by atoms with E-state index in [1.54, 1.807) is 12.4 Å². The average molecular weight is 337 g/mol. The van der Waals surface area contributed by atoms with Gasteiger partial charge in [0.2, 0.25) is 0 Å². The summed E-state index contributed by atoms with van der Waals surface area (Å²) in [5.41, 5.74) is 2.22. The van der Waals surface area contributed by atoms with E-state index in [4.69, 9.17) is 0 Å². The van der Waals surface area contributed by atoms with Gasteiger partial charge in [-0.15, -0.1) is 0 Å². The van der Waals surface area contributed by atoms with Crippen LogP contribution >= 0.6 is 11.8 Å². The Bertz CT molecular complexity index is 969. The Hall–Kier alpha value is -3.14. The second kappa shape index (κ2) is 6.16. The maximum atomic E-state index is 4.60. The molecule has 10 heteroatoms. The van der Waals surface area contributed by atoms with Crippen molar-refractivity contribution in [1.29, 1.82) is 0 Å². The molecule has 0 saturated carbocycles. The lowest BCUT2D eigenvalue weighted by Gasteiger charge is -2.07. The van der Waals surface area contributed by atoms with Crippen molar-refractivity contribution in [1.82, 2.24) is 40.1 Å². The smallest absolute Gasteiger partial charge is 0.189 e. The number of anilines is 2. The third-order valence-electron chi connectivity index (χ3n) is 3.08. The van der Waals surface area contributed by atoms with Crippen molar-refractivity contribution in [3.05, 3.63) is 42.9 Å². The minimum absolute atomic E-state index is 0.568. The first kappa shape index (κ1) is 14.5. The number of rotatable bonds is 4. The number of aryl methyl sites for hydroxylation is 1. The zero-order valence-corrected chi connectivity index (χ0v) is 13.3. The molecule has 0 aliphatic heterocycles. The van der Waals surface area contributed by atoms with Gasteiger partial charge in [0.15, 0.2) is 11.0 Å². The van der Waals surface area contributed by atoms with Crippen LogP contribution in [0.4, 0.5) is 11.6 Å². The number of hydrogen-bond acceptors (Lipinski definition) is 9. The number of aromatic amines is 1. The highest BCUT2D eigenvalue weighted by Gasteiger charge is 2.09.